The van der Waals surface area contributed by atoms with Crippen molar-refractivity contribution in [2.45, 2.75) is 104 Å². The molecule has 0 atom stereocenters. The molecule has 6 heteroatoms. The quantitative estimate of drug-likeness (QED) is 0.0980. The van der Waals surface area contributed by atoms with Crippen molar-refractivity contribution >= 4 is 11.9 Å². The maximum absolute atomic E-state index is 12.2. The van der Waals surface area contributed by atoms with Gasteiger partial charge in [0, 0.05) is 13.1 Å². The number of esters is 2. The molecule has 0 aliphatic heterocycles. The summed E-state index contributed by atoms with van der Waals surface area (Å²) in [5.41, 5.74) is 4.13. The number of rotatable bonds is 23. The SMILES string of the molecule is CCCCCCCN(C)CCC(=O)OCc1ccc(-c2ccc(COC(=O)CCN(C)CCCCCCC)cc2)cc1. The molecule has 0 bridgehead atoms. The maximum atomic E-state index is 12.2. The highest BCUT2D eigenvalue weighted by molar-refractivity contribution is 5.70. The van der Waals surface area contributed by atoms with Crippen LogP contribution in [-0.4, -0.2) is 62.0 Å². The molecule has 0 aliphatic carbocycles. The highest BCUT2D eigenvalue weighted by Gasteiger charge is 2.09. The van der Waals surface area contributed by atoms with Gasteiger partial charge in [-0.3, -0.25) is 9.59 Å². The second-order valence-corrected chi connectivity index (χ2v) is 11.7. The van der Waals surface area contributed by atoms with E-state index < -0.39 is 0 Å². The van der Waals surface area contributed by atoms with Crippen molar-refractivity contribution in [3.63, 3.8) is 0 Å². The summed E-state index contributed by atoms with van der Waals surface area (Å²) in [5.74, 6) is -0.309. The Morgan fingerprint density at radius 1 is 0.524 bits per heavy atom. The van der Waals surface area contributed by atoms with E-state index >= 15 is 0 Å². The molecule has 0 N–H and O–H groups in total. The summed E-state index contributed by atoms with van der Waals surface area (Å²) in [6, 6.07) is 16.2. The minimum atomic E-state index is -0.155. The van der Waals surface area contributed by atoms with Gasteiger partial charge in [0.05, 0.1) is 12.8 Å². The first-order valence-corrected chi connectivity index (χ1v) is 16.3. The van der Waals surface area contributed by atoms with E-state index in [1.165, 1.54) is 64.2 Å². The highest BCUT2D eigenvalue weighted by atomic mass is 16.5. The smallest absolute Gasteiger partial charge is 0.307 e. The Labute approximate surface area is 255 Å². The zero-order valence-corrected chi connectivity index (χ0v) is 26.9. The lowest BCUT2D eigenvalue weighted by atomic mass is 10.0. The molecular weight excluding hydrogens is 524 g/mol. The van der Waals surface area contributed by atoms with E-state index in [-0.39, 0.29) is 11.9 Å². The summed E-state index contributed by atoms with van der Waals surface area (Å²) in [4.78, 5) is 28.8. The monoisotopic (exact) mass is 580 g/mol. The molecule has 2 rings (SSSR count). The van der Waals surface area contributed by atoms with Crippen LogP contribution >= 0.6 is 0 Å². The van der Waals surface area contributed by atoms with E-state index in [1.54, 1.807) is 0 Å². The van der Waals surface area contributed by atoms with Gasteiger partial charge >= 0.3 is 11.9 Å². The topological polar surface area (TPSA) is 59.1 Å². The minimum Gasteiger partial charge on any atom is -0.461 e. The van der Waals surface area contributed by atoms with Gasteiger partial charge in [0.1, 0.15) is 13.2 Å². The Kier molecular flexibility index (Phi) is 18.5. The van der Waals surface area contributed by atoms with Crippen molar-refractivity contribution in [3.05, 3.63) is 59.7 Å². The molecule has 0 aliphatic rings. The van der Waals surface area contributed by atoms with Crippen LogP contribution < -0.4 is 0 Å². The molecular formula is C36H56N2O4. The van der Waals surface area contributed by atoms with E-state index in [4.69, 9.17) is 9.47 Å². The van der Waals surface area contributed by atoms with Crippen LogP contribution in [0.25, 0.3) is 11.1 Å². The van der Waals surface area contributed by atoms with Crippen LogP contribution in [0.5, 0.6) is 0 Å². The van der Waals surface area contributed by atoms with Crippen LogP contribution in [0.1, 0.15) is 102 Å². The summed E-state index contributed by atoms with van der Waals surface area (Å²) >= 11 is 0. The first-order valence-electron chi connectivity index (χ1n) is 16.3. The van der Waals surface area contributed by atoms with Gasteiger partial charge in [0.2, 0.25) is 0 Å². The largest absolute Gasteiger partial charge is 0.461 e. The Bertz CT molecular complexity index is 909. The molecule has 2 aromatic carbocycles. The predicted molar refractivity (Wildman–Crippen MR) is 173 cm³/mol. The van der Waals surface area contributed by atoms with Crippen LogP contribution in [0.4, 0.5) is 0 Å². The predicted octanol–water partition coefficient (Wildman–Crippen LogP) is 8.02. The lowest BCUT2D eigenvalue weighted by Crippen LogP contribution is -2.23. The van der Waals surface area contributed by atoms with Gasteiger partial charge in [0.15, 0.2) is 0 Å². The fourth-order valence-corrected chi connectivity index (χ4v) is 4.82. The third kappa shape index (κ3) is 16.1. The van der Waals surface area contributed by atoms with Crippen molar-refractivity contribution in [2.24, 2.45) is 0 Å². The summed E-state index contributed by atoms with van der Waals surface area (Å²) in [6.07, 6.45) is 13.5. The van der Waals surface area contributed by atoms with Gasteiger partial charge in [-0.25, -0.2) is 0 Å². The van der Waals surface area contributed by atoms with Gasteiger partial charge in [-0.15, -0.1) is 0 Å². The molecule has 0 saturated carbocycles. The molecule has 0 spiro atoms. The molecule has 0 saturated heterocycles. The Morgan fingerprint density at radius 3 is 1.24 bits per heavy atom. The van der Waals surface area contributed by atoms with Crippen LogP contribution in [0.2, 0.25) is 0 Å². The van der Waals surface area contributed by atoms with Crippen molar-refractivity contribution in [3.8, 4) is 11.1 Å². The number of benzene rings is 2. The zero-order valence-electron chi connectivity index (χ0n) is 26.9. The standard InChI is InChI=1S/C36H56N2O4/c1-5-7-9-11-13-25-37(3)27-23-35(39)41-29-31-15-19-33(20-16-31)34-21-17-32(18-22-34)30-42-36(40)24-28-38(4)26-14-12-10-8-6-2/h15-22H,5-14,23-30H2,1-4H3. The van der Waals surface area contributed by atoms with E-state index in [2.05, 4.69) is 37.7 Å². The van der Waals surface area contributed by atoms with E-state index in [1.807, 2.05) is 48.5 Å². The van der Waals surface area contributed by atoms with E-state index in [0.717, 1.165) is 48.4 Å². The van der Waals surface area contributed by atoms with E-state index in [0.29, 0.717) is 26.1 Å². The molecule has 0 aromatic heterocycles. The van der Waals surface area contributed by atoms with Crippen LogP contribution in [-0.2, 0) is 32.3 Å². The average Bonchev–Trinajstić information content (AvgIpc) is 3.01. The Hall–Kier alpha value is -2.70. The van der Waals surface area contributed by atoms with Gasteiger partial charge in [-0.2, -0.15) is 0 Å². The highest BCUT2D eigenvalue weighted by Crippen LogP contribution is 2.21. The zero-order chi connectivity index (χ0) is 30.4. The summed E-state index contributed by atoms with van der Waals surface area (Å²) in [7, 11) is 4.14. The lowest BCUT2D eigenvalue weighted by molar-refractivity contribution is -0.146. The van der Waals surface area contributed by atoms with Crippen molar-refractivity contribution < 1.29 is 19.1 Å². The third-order valence-electron chi connectivity index (χ3n) is 7.72. The number of hydrogen-bond acceptors (Lipinski definition) is 6. The van der Waals surface area contributed by atoms with Gasteiger partial charge in [0.25, 0.3) is 0 Å². The fraction of sp³-hybridized carbons (Fsp3) is 0.611. The van der Waals surface area contributed by atoms with E-state index in [9.17, 15) is 9.59 Å². The molecule has 0 radical (unpaired) electrons. The fourth-order valence-electron chi connectivity index (χ4n) is 4.82. The number of nitrogens with zero attached hydrogens (tertiary/aromatic N) is 2. The number of carbonyl (C=O) groups excluding carboxylic acids is 2. The average molecular weight is 581 g/mol. The molecule has 2 aromatic rings. The summed E-state index contributed by atoms with van der Waals surface area (Å²) in [5, 5.41) is 0. The van der Waals surface area contributed by atoms with Crippen LogP contribution in [0, 0.1) is 0 Å². The molecule has 6 nitrogen and oxygen atoms in total. The second kappa shape index (κ2) is 21.9. The second-order valence-electron chi connectivity index (χ2n) is 11.7. The molecule has 42 heavy (non-hydrogen) atoms. The van der Waals surface area contributed by atoms with Crippen molar-refractivity contribution in [2.75, 3.05) is 40.3 Å². The minimum absolute atomic E-state index is 0.155. The maximum Gasteiger partial charge on any atom is 0.307 e. The lowest BCUT2D eigenvalue weighted by Gasteiger charge is -2.16. The molecule has 0 heterocycles. The Balaban J connectivity index is 1.64. The first kappa shape index (κ1) is 35.5. The van der Waals surface area contributed by atoms with Gasteiger partial charge in [-0.1, -0.05) is 114 Å². The van der Waals surface area contributed by atoms with Crippen LogP contribution in [0.3, 0.4) is 0 Å². The summed E-state index contributed by atoms with van der Waals surface area (Å²) in [6.45, 7) is 8.56. The number of hydrogen-bond donors (Lipinski definition) is 0. The number of ether oxygens (including phenoxy) is 2. The summed E-state index contributed by atoms with van der Waals surface area (Å²) < 4.78 is 11.0. The number of unbranched alkanes of at least 4 members (excludes halogenated alkanes) is 8. The van der Waals surface area contributed by atoms with Crippen LogP contribution in [0.15, 0.2) is 48.5 Å². The molecule has 0 fully saturated rings. The molecule has 0 amide bonds. The molecule has 0 unspecified atom stereocenters. The third-order valence-corrected chi connectivity index (χ3v) is 7.72. The van der Waals surface area contributed by atoms with Crippen molar-refractivity contribution in [1.29, 1.82) is 0 Å². The normalized spacial score (nSPS) is 11.3. The Morgan fingerprint density at radius 2 is 0.881 bits per heavy atom. The van der Waals surface area contributed by atoms with Crippen molar-refractivity contribution in [1.82, 2.24) is 9.80 Å². The first-order chi connectivity index (χ1) is 20.4. The number of carbonyl (C=O) groups is 2. The molecule has 234 valence electrons. The van der Waals surface area contributed by atoms with Gasteiger partial charge < -0.3 is 19.3 Å². The van der Waals surface area contributed by atoms with Gasteiger partial charge in [-0.05, 0) is 62.3 Å².